The molecule has 0 aromatic heterocycles. The van der Waals surface area contributed by atoms with Crippen LogP contribution in [0.4, 0.5) is 0 Å². The lowest BCUT2D eigenvalue weighted by atomic mass is 9.92. The second kappa shape index (κ2) is 35.8. The van der Waals surface area contributed by atoms with Crippen molar-refractivity contribution in [3.05, 3.63) is 160 Å². The molecule has 0 heterocycles. The van der Waals surface area contributed by atoms with E-state index in [1.54, 1.807) is 48.5 Å². The average molecular weight is 1110 g/mol. The molecule has 424 valence electrons. The number of esters is 8. The van der Waals surface area contributed by atoms with Crippen molar-refractivity contribution in [2.45, 2.75) is 18.6 Å². The number of aliphatic carboxylic acids is 2. The summed E-state index contributed by atoms with van der Waals surface area (Å²) in [7, 11) is 0. The number of carboxylic acid groups (broad SMARTS) is 2. The van der Waals surface area contributed by atoms with Gasteiger partial charge in [0.25, 0.3) is 0 Å². The molecule has 0 amide bonds. The number of carbonyl (C=O) groups excluding carboxylic acids is 8. The molecule has 2 unspecified atom stereocenters. The second-order valence-electron chi connectivity index (χ2n) is 16.4. The Morgan fingerprint density at radius 1 is 0.380 bits per heavy atom. The van der Waals surface area contributed by atoms with Crippen LogP contribution in [-0.4, -0.2) is 161 Å². The first kappa shape index (κ1) is 65.7. The lowest BCUT2D eigenvalue weighted by Crippen LogP contribution is -2.44. The molecule has 0 saturated heterocycles. The van der Waals surface area contributed by atoms with Gasteiger partial charge in [-0.15, -0.1) is 0 Å². The van der Waals surface area contributed by atoms with Gasteiger partial charge in [-0.25, -0.2) is 47.9 Å². The van der Waals surface area contributed by atoms with Gasteiger partial charge in [0.2, 0.25) is 0 Å². The van der Waals surface area contributed by atoms with Crippen LogP contribution in [0.2, 0.25) is 0 Å². The first-order chi connectivity index (χ1) is 37.7. The van der Waals surface area contributed by atoms with Gasteiger partial charge in [0.15, 0.2) is 12.2 Å². The molecular formula is C55H60O24. The van der Waals surface area contributed by atoms with E-state index in [0.29, 0.717) is 42.2 Å². The van der Waals surface area contributed by atoms with E-state index in [0.717, 1.165) is 47.6 Å². The molecule has 24 nitrogen and oxygen atoms in total. The molecule has 0 spiro atoms. The predicted molar refractivity (Wildman–Crippen MR) is 273 cm³/mol. The van der Waals surface area contributed by atoms with E-state index in [9.17, 15) is 47.9 Å². The highest BCUT2D eigenvalue weighted by atomic mass is 16.6. The van der Waals surface area contributed by atoms with Crippen LogP contribution in [-0.2, 0) is 102 Å². The molecule has 0 radical (unpaired) electrons. The van der Waals surface area contributed by atoms with Crippen molar-refractivity contribution < 1.29 is 115 Å². The standard InChI is InChI=1S/C55H60O24/c1-7-46(60)72-32-54(33-73-47(61)8-2,34-74-48(62)9-3)30-68-26-42(78-52(66)23-21-44(56)57)28-70-40-17-13-38(14-18-40)25-39-15-19-41(20-16-39)71-29-43(79-53(67)24-22-45(58)59)27-69-31-55(35-75-49(63)10-4,36-76-50(64)11-5)37-77-51(65)12-6/h7-24,42-43H,1-6,25-37H2,(H,56,57)(H,58,59)/b23-21-,24-22-. The summed E-state index contributed by atoms with van der Waals surface area (Å²) in [6, 6.07) is 13.5. The number of carbonyl (C=O) groups is 10. The van der Waals surface area contributed by atoms with Crippen LogP contribution >= 0.6 is 0 Å². The highest BCUT2D eigenvalue weighted by Crippen LogP contribution is 2.25. The number of ether oxygens (including phenoxy) is 12. The number of rotatable bonds is 40. The van der Waals surface area contributed by atoms with Crippen molar-refractivity contribution in [1.29, 1.82) is 0 Å². The van der Waals surface area contributed by atoms with E-state index in [-0.39, 0.29) is 13.2 Å². The van der Waals surface area contributed by atoms with Crippen LogP contribution in [0.3, 0.4) is 0 Å². The average Bonchev–Trinajstić information content (AvgIpc) is 3.45. The number of carboxylic acids is 2. The molecule has 2 N–H and O–H groups in total. The quantitative estimate of drug-likeness (QED) is 0.0548. The van der Waals surface area contributed by atoms with Crippen LogP contribution in [0.15, 0.2) is 149 Å². The summed E-state index contributed by atoms with van der Waals surface area (Å²) in [5, 5.41) is 18.0. The molecule has 0 aliphatic heterocycles. The number of benzene rings is 2. The molecule has 2 rings (SSSR count). The largest absolute Gasteiger partial charge is 0.490 e. The van der Waals surface area contributed by atoms with Gasteiger partial charge in [-0.3, -0.25) is 0 Å². The molecule has 2 aromatic carbocycles. The lowest BCUT2D eigenvalue weighted by Gasteiger charge is -2.32. The van der Waals surface area contributed by atoms with Gasteiger partial charge in [0.05, 0.1) is 37.3 Å². The fraction of sp³-hybridized carbons (Fsp3) is 0.309. The fourth-order valence-corrected chi connectivity index (χ4v) is 5.95. The predicted octanol–water partition coefficient (Wildman–Crippen LogP) is 3.52. The zero-order chi connectivity index (χ0) is 58.6. The van der Waals surface area contributed by atoms with Gasteiger partial charge in [-0.2, -0.15) is 0 Å². The van der Waals surface area contributed by atoms with E-state index in [2.05, 4.69) is 39.5 Å². The molecule has 0 bridgehead atoms. The van der Waals surface area contributed by atoms with Crippen LogP contribution in [0.25, 0.3) is 0 Å². The Labute approximate surface area is 453 Å². The third-order valence-corrected chi connectivity index (χ3v) is 9.96. The third-order valence-electron chi connectivity index (χ3n) is 9.96. The van der Waals surface area contributed by atoms with E-state index in [1.165, 1.54) is 0 Å². The van der Waals surface area contributed by atoms with Crippen LogP contribution in [0, 0.1) is 10.8 Å². The summed E-state index contributed by atoms with van der Waals surface area (Å²) >= 11 is 0. The van der Waals surface area contributed by atoms with Gasteiger partial charge < -0.3 is 67.1 Å². The number of hydrogen-bond donors (Lipinski definition) is 2. The summed E-state index contributed by atoms with van der Waals surface area (Å²) in [5.74, 6) is -9.45. The molecule has 79 heavy (non-hydrogen) atoms. The van der Waals surface area contributed by atoms with Crippen molar-refractivity contribution >= 4 is 59.7 Å². The Balaban J connectivity index is 2.24. The van der Waals surface area contributed by atoms with Crippen molar-refractivity contribution in [1.82, 2.24) is 0 Å². The highest BCUT2D eigenvalue weighted by Gasteiger charge is 2.38. The van der Waals surface area contributed by atoms with Gasteiger partial charge in [-0.05, 0) is 41.8 Å². The Morgan fingerprint density at radius 3 is 0.886 bits per heavy atom. The van der Waals surface area contributed by atoms with Crippen molar-refractivity contribution in [3.8, 4) is 11.5 Å². The zero-order valence-electron chi connectivity index (χ0n) is 42.9. The smallest absolute Gasteiger partial charge is 0.331 e. The van der Waals surface area contributed by atoms with Crippen LogP contribution in [0.1, 0.15) is 11.1 Å². The zero-order valence-corrected chi connectivity index (χ0v) is 42.9. The molecule has 0 aliphatic rings. The summed E-state index contributed by atoms with van der Waals surface area (Å²) in [6.45, 7) is 14.7. The van der Waals surface area contributed by atoms with Gasteiger partial charge >= 0.3 is 59.7 Å². The number of hydrogen-bond acceptors (Lipinski definition) is 22. The molecule has 0 saturated carbocycles. The van der Waals surface area contributed by atoms with Crippen molar-refractivity contribution in [2.24, 2.45) is 10.8 Å². The van der Waals surface area contributed by atoms with E-state index in [1.807, 2.05) is 0 Å². The maximum absolute atomic E-state index is 12.6. The Kier molecular flexibility index (Phi) is 29.7. The highest BCUT2D eigenvalue weighted by molar-refractivity contribution is 5.91. The minimum Gasteiger partial charge on any atom is -0.490 e. The summed E-state index contributed by atoms with van der Waals surface area (Å²) in [5.41, 5.74) is -1.39. The first-order valence-electron chi connectivity index (χ1n) is 23.3. The molecule has 0 fully saturated rings. The van der Waals surface area contributed by atoms with Crippen molar-refractivity contribution in [2.75, 3.05) is 79.3 Å². The Morgan fingerprint density at radius 2 is 0.646 bits per heavy atom. The van der Waals surface area contributed by atoms with E-state index < -0.39 is 149 Å². The maximum Gasteiger partial charge on any atom is 0.331 e. The minimum absolute atomic E-state index is 0.319. The lowest BCUT2D eigenvalue weighted by molar-refractivity contribution is -0.166. The minimum atomic E-state index is -1.51. The monoisotopic (exact) mass is 1100 g/mol. The topological polar surface area (TPSA) is 322 Å². The third kappa shape index (κ3) is 27.8. The molecule has 2 aromatic rings. The van der Waals surface area contributed by atoms with Gasteiger partial charge in [0.1, 0.15) is 64.4 Å². The molecule has 24 heteroatoms. The normalized spacial score (nSPS) is 11.7. The molecular weight excluding hydrogens is 1040 g/mol. The SMILES string of the molecule is C=CC(=O)OCC(COCC(COc1ccc(Cc2ccc(OCC(COCC(COC(=O)C=C)(COC(=O)C=C)COC(=O)C=C)OC(=O)/C=C\C(=O)O)cc2)cc1)OC(=O)/C=C\C(=O)O)(COC(=O)C=C)COC(=O)C=C. The second-order valence-corrected chi connectivity index (χ2v) is 16.4. The first-order valence-corrected chi connectivity index (χ1v) is 23.3. The van der Waals surface area contributed by atoms with Crippen LogP contribution in [0.5, 0.6) is 11.5 Å². The van der Waals surface area contributed by atoms with Gasteiger partial charge in [-0.1, -0.05) is 63.7 Å². The summed E-state index contributed by atoms with van der Waals surface area (Å²) in [6.07, 6.45) is 5.76. The van der Waals surface area contributed by atoms with Crippen molar-refractivity contribution in [3.63, 3.8) is 0 Å². The van der Waals surface area contributed by atoms with E-state index >= 15 is 0 Å². The summed E-state index contributed by atoms with van der Waals surface area (Å²) in [4.78, 5) is 119. The maximum atomic E-state index is 12.6. The fourth-order valence-electron chi connectivity index (χ4n) is 5.95. The molecule has 2 atom stereocenters. The Hall–Kier alpha value is -9.42. The molecule has 0 aliphatic carbocycles. The van der Waals surface area contributed by atoms with Gasteiger partial charge in [0, 0.05) is 60.8 Å². The van der Waals surface area contributed by atoms with E-state index in [4.69, 9.17) is 67.1 Å². The van der Waals surface area contributed by atoms with Crippen LogP contribution < -0.4 is 9.47 Å². The Bertz CT molecular complexity index is 2250. The summed E-state index contributed by atoms with van der Waals surface area (Å²) < 4.78 is 65.5.